The van der Waals surface area contributed by atoms with E-state index in [1.807, 2.05) is 18.2 Å². The summed E-state index contributed by atoms with van der Waals surface area (Å²) >= 11 is 9.59. The fraction of sp³-hybridized carbons (Fsp3) is 0.174. The average Bonchev–Trinajstić information content (AvgIpc) is 2.80. The molecule has 0 bridgehead atoms. The van der Waals surface area contributed by atoms with Gasteiger partial charge in [0.05, 0.1) is 23.3 Å². The lowest BCUT2D eigenvalue weighted by Gasteiger charge is -2.14. The summed E-state index contributed by atoms with van der Waals surface area (Å²) in [6, 6.07) is 12.7. The minimum atomic E-state index is -4.71. The molecular formula is C23H18BrClF3N3O4. The minimum absolute atomic E-state index is 0.194. The van der Waals surface area contributed by atoms with E-state index in [0.717, 1.165) is 17.7 Å². The quantitative estimate of drug-likeness (QED) is 0.163. The fourth-order valence-electron chi connectivity index (χ4n) is 2.93. The highest BCUT2D eigenvalue weighted by Gasteiger charge is 2.33. The predicted molar refractivity (Wildman–Crippen MR) is 130 cm³/mol. The first-order chi connectivity index (χ1) is 16.6. The molecule has 12 heteroatoms. The van der Waals surface area contributed by atoms with Crippen molar-refractivity contribution in [3.8, 4) is 11.5 Å². The van der Waals surface area contributed by atoms with Crippen molar-refractivity contribution in [2.45, 2.75) is 19.7 Å². The van der Waals surface area contributed by atoms with E-state index < -0.39 is 22.4 Å². The van der Waals surface area contributed by atoms with Gasteiger partial charge in [0.15, 0.2) is 11.5 Å². The number of rotatable bonds is 9. The van der Waals surface area contributed by atoms with Gasteiger partial charge in [-0.15, -0.1) is 0 Å². The summed E-state index contributed by atoms with van der Waals surface area (Å²) in [6.07, 6.45) is -3.37. The monoisotopic (exact) mass is 571 g/mol. The third-order valence-corrected chi connectivity index (χ3v) is 5.67. The van der Waals surface area contributed by atoms with E-state index in [2.05, 4.69) is 26.5 Å². The Bertz CT molecular complexity index is 1260. The van der Waals surface area contributed by atoms with Crippen molar-refractivity contribution >= 4 is 45.1 Å². The van der Waals surface area contributed by atoms with Gasteiger partial charge in [0.2, 0.25) is 0 Å². The molecule has 3 rings (SSSR count). The molecule has 3 aromatic rings. The van der Waals surface area contributed by atoms with E-state index in [1.165, 1.54) is 6.21 Å². The second kappa shape index (κ2) is 11.4. The third-order valence-electron chi connectivity index (χ3n) is 4.61. The standard InChI is InChI=1S/C23H18BrClF3N3O4/c1-2-34-21-9-15(17(24)11-22(21)35-13-14-5-3-4-6-18(14)25)12-29-30-19-8-7-16(23(26,27)28)10-20(19)31(32)33/h3-12,30H,2,13H2,1H3/b29-12-. The molecule has 0 saturated heterocycles. The van der Waals surface area contributed by atoms with Gasteiger partial charge in [0.1, 0.15) is 12.3 Å². The van der Waals surface area contributed by atoms with E-state index in [-0.39, 0.29) is 12.3 Å². The van der Waals surface area contributed by atoms with Gasteiger partial charge in [-0.3, -0.25) is 15.5 Å². The van der Waals surface area contributed by atoms with Gasteiger partial charge in [-0.25, -0.2) is 0 Å². The lowest BCUT2D eigenvalue weighted by Crippen LogP contribution is -2.06. The van der Waals surface area contributed by atoms with E-state index in [4.69, 9.17) is 21.1 Å². The summed E-state index contributed by atoms with van der Waals surface area (Å²) in [4.78, 5) is 10.3. The van der Waals surface area contributed by atoms with Crippen molar-refractivity contribution < 1.29 is 27.6 Å². The number of hydrogen-bond donors (Lipinski definition) is 1. The molecule has 0 aliphatic rings. The Morgan fingerprint density at radius 1 is 1.14 bits per heavy atom. The van der Waals surface area contributed by atoms with Gasteiger partial charge in [-0.2, -0.15) is 18.3 Å². The normalized spacial score (nSPS) is 11.5. The Labute approximate surface area is 211 Å². The molecule has 3 aromatic carbocycles. The molecule has 0 aliphatic carbocycles. The number of hydrogen-bond acceptors (Lipinski definition) is 6. The van der Waals surface area contributed by atoms with Crippen LogP contribution in [0.3, 0.4) is 0 Å². The van der Waals surface area contributed by atoms with Gasteiger partial charge >= 0.3 is 6.18 Å². The number of nitrogens with zero attached hydrogens (tertiary/aromatic N) is 2. The van der Waals surface area contributed by atoms with Crippen LogP contribution in [0.5, 0.6) is 11.5 Å². The topological polar surface area (TPSA) is 86.0 Å². The Kier molecular flexibility index (Phi) is 8.57. The molecule has 0 aromatic heterocycles. The summed E-state index contributed by atoms with van der Waals surface area (Å²) in [7, 11) is 0. The minimum Gasteiger partial charge on any atom is -0.490 e. The lowest BCUT2D eigenvalue weighted by atomic mass is 10.1. The number of anilines is 1. The second-order valence-corrected chi connectivity index (χ2v) is 8.25. The summed E-state index contributed by atoms with van der Waals surface area (Å²) in [5.74, 6) is 0.867. The van der Waals surface area contributed by atoms with Crippen molar-refractivity contribution in [1.29, 1.82) is 0 Å². The maximum Gasteiger partial charge on any atom is 0.416 e. The number of ether oxygens (including phenoxy) is 2. The molecule has 0 spiro atoms. The smallest absolute Gasteiger partial charge is 0.416 e. The molecule has 0 amide bonds. The fourth-order valence-corrected chi connectivity index (χ4v) is 3.54. The van der Waals surface area contributed by atoms with E-state index in [9.17, 15) is 23.3 Å². The Morgan fingerprint density at radius 3 is 2.51 bits per heavy atom. The lowest BCUT2D eigenvalue weighted by molar-refractivity contribution is -0.384. The summed E-state index contributed by atoms with van der Waals surface area (Å²) in [5, 5.41) is 15.7. The number of halogens is 5. The number of nitro benzene ring substituents is 1. The van der Waals surface area contributed by atoms with Gasteiger partial charge in [0, 0.05) is 26.7 Å². The van der Waals surface area contributed by atoms with Crippen molar-refractivity contribution in [3.63, 3.8) is 0 Å². The summed E-state index contributed by atoms with van der Waals surface area (Å²) in [6.45, 7) is 2.37. The maximum absolute atomic E-state index is 12.9. The molecule has 184 valence electrons. The van der Waals surface area contributed by atoms with Crippen molar-refractivity contribution in [2.24, 2.45) is 5.10 Å². The number of hydrazone groups is 1. The van der Waals surface area contributed by atoms with Crippen molar-refractivity contribution in [1.82, 2.24) is 0 Å². The average molecular weight is 573 g/mol. The molecule has 0 unspecified atom stereocenters. The van der Waals surface area contributed by atoms with Crippen LogP contribution in [0.2, 0.25) is 5.02 Å². The molecule has 0 radical (unpaired) electrons. The molecule has 35 heavy (non-hydrogen) atoms. The van der Waals surface area contributed by atoms with Gasteiger partial charge in [-0.1, -0.05) is 29.8 Å². The first-order valence-electron chi connectivity index (χ1n) is 10.1. The van der Waals surface area contributed by atoms with Crippen LogP contribution in [0, 0.1) is 10.1 Å². The van der Waals surface area contributed by atoms with Crippen LogP contribution in [0.4, 0.5) is 24.5 Å². The highest BCUT2D eigenvalue weighted by molar-refractivity contribution is 9.10. The van der Waals surface area contributed by atoms with Crippen LogP contribution >= 0.6 is 27.5 Å². The first kappa shape index (κ1) is 26.3. The van der Waals surface area contributed by atoms with Crippen LogP contribution in [0.1, 0.15) is 23.6 Å². The second-order valence-electron chi connectivity index (χ2n) is 6.99. The predicted octanol–water partition coefficient (Wildman–Crippen LogP) is 7.45. The highest BCUT2D eigenvalue weighted by Crippen LogP contribution is 2.36. The molecule has 0 saturated carbocycles. The molecule has 0 aliphatic heterocycles. The molecule has 1 N–H and O–H groups in total. The van der Waals surface area contributed by atoms with Crippen LogP contribution in [0.15, 0.2) is 64.2 Å². The Morgan fingerprint density at radius 2 is 1.86 bits per heavy atom. The molecular weight excluding hydrogens is 555 g/mol. The van der Waals surface area contributed by atoms with Crippen LogP contribution in [0.25, 0.3) is 0 Å². The molecule has 0 fully saturated rings. The molecule has 7 nitrogen and oxygen atoms in total. The van der Waals surface area contributed by atoms with Gasteiger partial charge < -0.3 is 9.47 Å². The summed E-state index contributed by atoms with van der Waals surface area (Å²) < 4.78 is 50.7. The van der Waals surface area contributed by atoms with Crippen LogP contribution in [-0.4, -0.2) is 17.7 Å². The van der Waals surface area contributed by atoms with Gasteiger partial charge in [0.25, 0.3) is 5.69 Å². The number of nitro groups is 1. The SMILES string of the molecule is CCOc1cc(/C=N\Nc2ccc(C(F)(F)F)cc2[N+](=O)[O-])c(Br)cc1OCc1ccccc1Cl. The highest BCUT2D eigenvalue weighted by atomic mass is 79.9. The zero-order chi connectivity index (χ0) is 25.6. The van der Waals surface area contributed by atoms with Gasteiger partial charge in [-0.05, 0) is 53.2 Å². The number of alkyl halides is 3. The largest absolute Gasteiger partial charge is 0.490 e. The Balaban J connectivity index is 1.81. The van der Waals surface area contributed by atoms with Crippen LogP contribution in [-0.2, 0) is 12.8 Å². The number of benzene rings is 3. The first-order valence-corrected chi connectivity index (χ1v) is 11.2. The van der Waals surface area contributed by atoms with Crippen LogP contribution < -0.4 is 14.9 Å². The zero-order valence-corrected chi connectivity index (χ0v) is 20.4. The maximum atomic E-state index is 12.9. The molecule has 0 heterocycles. The number of nitrogens with one attached hydrogen (secondary N) is 1. The molecule has 0 atom stereocenters. The Hall–Kier alpha value is -3.31. The van der Waals surface area contributed by atoms with E-state index >= 15 is 0 Å². The summed E-state index contributed by atoms with van der Waals surface area (Å²) in [5.41, 5.74) is 1.66. The zero-order valence-electron chi connectivity index (χ0n) is 18.1. The van der Waals surface area contributed by atoms with Crippen molar-refractivity contribution in [3.05, 3.63) is 90.9 Å². The van der Waals surface area contributed by atoms with E-state index in [1.54, 1.807) is 25.1 Å². The van der Waals surface area contributed by atoms with Crippen molar-refractivity contribution in [2.75, 3.05) is 12.0 Å². The van der Waals surface area contributed by atoms with E-state index in [0.29, 0.717) is 39.2 Å². The third kappa shape index (κ3) is 6.86.